The Labute approximate surface area is 217 Å². The van der Waals surface area contributed by atoms with E-state index in [1.54, 1.807) is 48.5 Å². The maximum Gasteiger partial charge on any atom is 0.166 e. The lowest BCUT2D eigenvalue weighted by molar-refractivity contribution is 0.0655. The minimum atomic E-state index is -0.683. The lowest BCUT2D eigenvalue weighted by Gasteiger charge is -2.36. The van der Waals surface area contributed by atoms with Crippen molar-refractivity contribution in [3.05, 3.63) is 89.7 Å². The Hall–Kier alpha value is -3.13. The van der Waals surface area contributed by atoms with Crippen LogP contribution in [0, 0.1) is 5.82 Å². The Morgan fingerprint density at radius 1 is 0.944 bits per heavy atom. The van der Waals surface area contributed by atoms with Crippen LogP contribution in [0.15, 0.2) is 72.8 Å². The molecular formula is C28H32ClFN2O4. The van der Waals surface area contributed by atoms with Crippen molar-refractivity contribution < 1.29 is 24.1 Å². The van der Waals surface area contributed by atoms with E-state index in [9.17, 15) is 19.4 Å². The van der Waals surface area contributed by atoms with Crippen molar-refractivity contribution >= 4 is 23.9 Å². The molecule has 0 saturated carbocycles. The predicted molar refractivity (Wildman–Crippen MR) is 141 cm³/mol. The molecule has 1 aliphatic heterocycles. The second kappa shape index (κ2) is 13.3. The van der Waals surface area contributed by atoms with Gasteiger partial charge in [0, 0.05) is 44.8 Å². The molecule has 1 unspecified atom stereocenters. The summed E-state index contributed by atoms with van der Waals surface area (Å²) in [6.07, 6.45) is 0.129. The summed E-state index contributed by atoms with van der Waals surface area (Å²) < 4.78 is 18.9. The number of benzene rings is 3. The summed E-state index contributed by atoms with van der Waals surface area (Å²) in [5.41, 5.74) is 2.47. The minimum Gasteiger partial charge on any atom is -0.508 e. The molecule has 192 valence electrons. The van der Waals surface area contributed by atoms with E-state index in [-0.39, 0.29) is 36.4 Å². The maximum absolute atomic E-state index is 13.1. The quantitative estimate of drug-likeness (QED) is 0.392. The average molecular weight is 515 g/mol. The van der Waals surface area contributed by atoms with Crippen molar-refractivity contribution in [3.8, 4) is 11.5 Å². The normalized spacial score (nSPS) is 14.7. The Bertz CT molecular complexity index is 1100. The summed E-state index contributed by atoms with van der Waals surface area (Å²) in [7, 11) is 0. The van der Waals surface area contributed by atoms with Gasteiger partial charge in [-0.15, -0.1) is 12.4 Å². The summed E-state index contributed by atoms with van der Waals surface area (Å²) in [5, 5.41) is 20.0. The number of hydrogen-bond acceptors (Lipinski definition) is 6. The zero-order valence-corrected chi connectivity index (χ0v) is 20.9. The molecule has 4 rings (SSSR count). The third kappa shape index (κ3) is 7.68. The highest BCUT2D eigenvalue weighted by Gasteiger charge is 2.20. The number of aryl methyl sites for hydroxylation is 1. The minimum absolute atomic E-state index is 0. The first-order valence-electron chi connectivity index (χ1n) is 11.9. The number of aliphatic hydroxyl groups excluding tert-OH is 1. The number of para-hydroxylation sites is 1. The molecule has 2 N–H and O–H groups in total. The van der Waals surface area contributed by atoms with Crippen LogP contribution in [-0.4, -0.2) is 66.3 Å². The molecule has 36 heavy (non-hydrogen) atoms. The van der Waals surface area contributed by atoms with Crippen LogP contribution in [0.3, 0.4) is 0 Å². The number of piperazine rings is 1. The lowest BCUT2D eigenvalue weighted by atomic mass is 10.0. The lowest BCUT2D eigenvalue weighted by Crippen LogP contribution is -2.49. The van der Waals surface area contributed by atoms with Gasteiger partial charge in [-0.25, -0.2) is 4.39 Å². The molecule has 1 atom stereocenters. The number of ether oxygens (including phenoxy) is 1. The number of rotatable bonds is 10. The topological polar surface area (TPSA) is 73.2 Å². The number of carbonyl (C=O) groups is 1. The largest absolute Gasteiger partial charge is 0.508 e. The van der Waals surface area contributed by atoms with Crippen molar-refractivity contribution in [2.24, 2.45) is 0 Å². The number of β-amino-alcohol motifs (C(OH)–C–C–N with tert-alkyl or cyclic N) is 1. The van der Waals surface area contributed by atoms with E-state index in [2.05, 4.69) is 9.80 Å². The fourth-order valence-corrected chi connectivity index (χ4v) is 4.26. The Morgan fingerprint density at radius 3 is 2.31 bits per heavy atom. The molecule has 0 spiro atoms. The van der Waals surface area contributed by atoms with Gasteiger partial charge in [-0.1, -0.05) is 24.3 Å². The molecule has 3 aromatic carbocycles. The molecule has 1 saturated heterocycles. The van der Waals surface area contributed by atoms with Crippen LogP contribution >= 0.6 is 12.4 Å². The number of carbonyl (C=O) groups excluding carboxylic acids is 1. The first-order valence-corrected chi connectivity index (χ1v) is 11.9. The van der Waals surface area contributed by atoms with Crippen LogP contribution in [-0.2, 0) is 6.42 Å². The van der Waals surface area contributed by atoms with E-state index in [1.807, 2.05) is 12.1 Å². The number of aromatic hydroxyl groups is 1. The average Bonchev–Trinajstić information content (AvgIpc) is 2.88. The van der Waals surface area contributed by atoms with Crippen LogP contribution in [0.4, 0.5) is 10.1 Å². The van der Waals surface area contributed by atoms with Gasteiger partial charge in [0.2, 0.25) is 0 Å². The van der Waals surface area contributed by atoms with Gasteiger partial charge < -0.3 is 19.8 Å². The summed E-state index contributed by atoms with van der Waals surface area (Å²) in [5.74, 6) is 0.376. The maximum atomic E-state index is 13.1. The Balaban J connectivity index is 0.00000361. The molecule has 0 radical (unpaired) electrons. The molecule has 3 aromatic rings. The van der Waals surface area contributed by atoms with Gasteiger partial charge >= 0.3 is 0 Å². The third-order valence-corrected chi connectivity index (χ3v) is 6.23. The zero-order valence-electron chi connectivity index (χ0n) is 20.1. The molecular weight excluding hydrogens is 483 g/mol. The van der Waals surface area contributed by atoms with Gasteiger partial charge in [0.05, 0.1) is 5.56 Å². The SMILES string of the molecule is Cl.O=C(CCc1ccc(F)cc1)c1ccccc1OCC(O)CN1CCN(c2ccc(O)cc2)CC1. The summed E-state index contributed by atoms with van der Waals surface area (Å²) in [6.45, 7) is 3.89. The molecule has 1 aliphatic rings. The van der Waals surface area contributed by atoms with E-state index in [0.717, 1.165) is 37.4 Å². The second-order valence-electron chi connectivity index (χ2n) is 8.81. The van der Waals surface area contributed by atoms with Gasteiger partial charge in [-0.3, -0.25) is 9.69 Å². The standard InChI is InChI=1S/C28H31FN2O4.ClH/c29-22-8-5-21(6-9-22)7-14-27(34)26-3-1-2-4-28(26)35-20-25(33)19-30-15-17-31(18-16-30)23-10-12-24(32)13-11-23;/h1-6,8-13,25,32-33H,7,14-20H2;1H. The van der Waals surface area contributed by atoms with E-state index < -0.39 is 6.10 Å². The highest BCUT2D eigenvalue weighted by Crippen LogP contribution is 2.22. The number of hydrogen-bond donors (Lipinski definition) is 2. The summed E-state index contributed by atoms with van der Waals surface area (Å²) >= 11 is 0. The smallest absolute Gasteiger partial charge is 0.166 e. The Morgan fingerprint density at radius 2 is 1.61 bits per heavy atom. The van der Waals surface area contributed by atoms with Crippen molar-refractivity contribution in [1.29, 1.82) is 0 Å². The molecule has 6 nitrogen and oxygen atoms in total. The van der Waals surface area contributed by atoms with Crippen LogP contribution < -0.4 is 9.64 Å². The predicted octanol–water partition coefficient (Wildman–Crippen LogP) is 4.33. The fraction of sp³-hybridized carbons (Fsp3) is 0.321. The number of phenolic OH excluding ortho intramolecular Hbond substituents is 1. The highest BCUT2D eigenvalue weighted by molar-refractivity contribution is 5.98. The van der Waals surface area contributed by atoms with Gasteiger partial charge in [-0.05, 0) is 60.5 Å². The van der Waals surface area contributed by atoms with Gasteiger partial charge in [-0.2, -0.15) is 0 Å². The fourth-order valence-electron chi connectivity index (χ4n) is 4.26. The van der Waals surface area contributed by atoms with Crippen LogP contribution in [0.1, 0.15) is 22.3 Å². The zero-order chi connectivity index (χ0) is 24.6. The van der Waals surface area contributed by atoms with Crippen molar-refractivity contribution in [1.82, 2.24) is 4.90 Å². The number of halogens is 2. The number of nitrogens with zero attached hydrogens (tertiary/aromatic N) is 2. The van der Waals surface area contributed by atoms with Crippen molar-refractivity contribution in [2.75, 3.05) is 44.2 Å². The monoisotopic (exact) mass is 514 g/mol. The van der Waals surface area contributed by atoms with Crippen LogP contribution in [0.5, 0.6) is 11.5 Å². The highest BCUT2D eigenvalue weighted by atomic mass is 35.5. The van der Waals surface area contributed by atoms with Gasteiger partial charge in [0.25, 0.3) is 0 Å². The van der Waals surface area contributed by atoms with Gasteiger partial charge in [0.1, 0.15) is 30.0 Å². The van der Waals surface area contributed by atoms with Crippen LogP contribution in [0.25, 0.3) is 0 Å². The molecule has 0 aliphatic carbocycles. The molecule has 1 fully saturated rings. The van der Waals surface area contributed by atoms with Gasteiger partial charge in [0.15, 0.2) is 5.78 Å². The third-order valence-electron chi connectivity index (χ3n) is 6.23. The van der Waals surface area contributed by atoms with E-state index in [1.165, 1.54) is 12.1 Å². The molecule has 0 bridgehead atoms. The molecule has 0 amide bonds. The number of anilines is 1. The number of ketones is 1. The summed E-state index contributed by atoms with van der Waals surface area (Å²) in [6, 6.07) is 20.4. The van der Waals surface area contributed by atoms with Crippen molar-refractivity contribution in [2.45, 2.75) is 18.9 Å². The van der Waals surface area contributed by atoms with Crippen molar-refractivity contribution in [3.63, 3.8) is 0 Å². The van der Waals surface area contributed by atoms with E-state index in [0.29, 0.717) is 30.7 Å². The second-order valence-corrected chi connectivity index (χ2v) is 8.81. The number of phenols is 1. The first-order chi connectivity index (χ1) is 17.0. The molecule has 0 aromatic heterocycles. The number of Topliss-reactive ketones (excluding diaryl/α,β-unsaturated/α-hetero) is 1. The van der Waals surface area contributed by atoms with E-state index in [4.69, 9.17) is 4.74 Å². The molecule has 8 heteroatoms. The van der Waals surface area contributed by atoms with Crippen LogP contribution in [0.2, 0.25) is 0 Å². The molecule has 1 heterocycles. The number of aliphatic hydroxyl groups is 1. The summed E-state index contributed by atoms with van der Waals surface area (Å²) in [4.78, 5) is 17.2. The van der Waals surface area contributed by atoms with E-state index >= 15 is 0 Å². The Kier molecular flexibility index (Phi) is 10.1. The first kappa shape index (κ1) is 27.5.